The van der Waals surface area contributed by atoms with E-state index in [0.29, 0.717) is 6.04 Å². The van der Waals surface area contributed by atoms with Crippen LogP contribution < -0.4 is 10.2 Å². The third kappa shape index (κ3) is 3.82. The van der Waals surface area contributed by atoms with Crippen molar-refractivity contribution in [3.05, 3.63) is 11.9 Å². The molecule has 1 saturated carbocycles. The lowest BCUT2D eigenvalue weighted by Gasteiger charge is -2.23. The molecule has 0 radical (unpaired) electrons. The first-order chi connectivity index (χ1) is 9.28. The maximum absolute atomic E-state index is 4.71. The molecule has 1 aromatic rings. The molecule has 4 heteroatoms. The highest BCUT2D eigenvalue weighted by atomic mass is 15.2. The number of hydrogen-bond acceptors (Lipinski definition) is 4. The van der Waals surface area contributed by atoms with Gasteiger partial charge >= 0.3 is 0 Å². The lowest BCUT2D eigenvalue weighted by Crippen LogP contribution is -2.28. The van der Waals surface area contributed by atoms with Gasteiger partial charge in [-0.25, -0.2) is 9.97 Å². The molecular weight excluding hydrogens is 236 g/mol. The zero-order valence-electron chi connectivity index (χ0n) is 12.4. The summed E-state index contributed by atoms with van der Waals surface area (Å²) in [6.45, 7) is 8.58. The van der Waals surface area contributed by atoms with Crippen LogP contribution in [0.1, 0.15) is 52.3 Å². The Balaban J connectivity index is 2.21. The predicted octanol–water partition coefficient (Wildman–Crippen LogP) is 3.24. The highest BCUT2D eigenvalue weighted by Crippen LogP contribution is 2.31. The smallest absolute Gasteiger partial charge is 0.134 e. The van der Waals surface area contributed by atoms with Crippen molar-refractivity contribution in [1.29, 1.82) is 0 Å². The van der Waals surface area contributed by atoms with E-state index in [0.717, 1.165) is 43.4 Å². The van der Waals surface area contributed by atoms with Crippen LogP contribution in [0.2, 0.25) is 0 Å². The largest absolute Gasteiger partial charge is 0.370 e. The first-order valence-corrected chi connectivity index (χ1v) is 7.66. The van der Waals surface area contributed by atoms with Gasteiger partial charge in [0.2, 0.25) is 0 Å². The van der Waals surface area contributed by atoms with Gasteiger partial charge in [0.15, 0.2) is 0 Å². The first-order valence-electron chi connectivity index (χ1n) is 7.66. The molecule has 2 rings (SSSR count). The summed E-state index contributed by atoms with van der Waals surface area (Å²) < 4.78 is 0. The summed E-state index contributed by atoms with van der Waals surface area (Å²) in [4.78, 5) is 11.7. The highest BCUT2D eigenvalue weighted by molar-refractivity contribution is 5.51. The minimum absolute atomic E-state index is 0.707. The lowest BCUT2D eigenvalue weighted by atomic mass is 10.3. The molecule has 19 heavy (non-hydrogen) atoms. The molecule has 0 unspecified atom stereocenters. The summed E-state index contributed by atoms with van der Waals surface area (Å²) in [5, 5.41) is 3.39. The zero-order valence-corrected chi connectivity index (χ0v) is 12.4. The topological polar surface area (TPSA) is 41.0 Å². The average molecular weight is 262 g/mol. The van der Waals surface area contributed by atoms with Crippen LogP contribution in [0.5, 0.6) is 0 Å². The fraction of sp³-hybridized carbons (Fsp3) is 0.733. The van der Waals surface area contributed by atoms with E-state index in [9.17, 15) is 0 Å². The average Bonchev–Trinajstić information content (AvgIpc) is 3.26. The van der Waals surface area contributed by atoms with Crippen LogP contribution >= 0.6 is 0 Å². The molecule has 1 fully saturated rings. The Morgan fingerprint density at radius 3 is 2.58 bits per heavy atom. The van der Waals surface area contributed by atoms with Gasteiger partial charge in [0.05, 0.1) is 0 Å². The Morgan fingerprint density at radius 1 is 1.21 bits per heavy atom. The van der Waals surface area contributed by atoms with Crippen molar-refractivity contribution < 1.29 is 0 Å². The molecule has 106 valence electrons. The number of nitrogens with one attached hydrogen (secondary N) is 1. The van der Waals surface area contributed by atoms with Crippen LogP contribution in [0.15, 0.2) is 6.07 Å². The molecule has 1 aliphatic rings. The van der Waals surface area contributed by atoms with E-state index in [1.807, 2.05) is 0 Å². The molecule has 1 aromatic heterocycles. The van der Waals surface area contributed by atoms with E-state index < -0.39 is 0 Å². The summed E-state index contributed by atoms with van der Waals surface area (Å²) in [7, 11) is 0. The predicted molar refractivity (Wildman–Crippen MR) is 80.8 cm³/mol. The second-order valence-corrected chi connectivity index (χ2v) is 5.23. The number of rotatable bonds is 8. The molecule has 1 heterocycles. The zero-order chi connectivity index (χ0) is 13.7. The van der Waals surface area contributed by atoms with Gasteiger partial charge in [-0.05, 0) is 25.7 Å². The molecule has 1 N–H and O–H groups in total. The summed E-state index contributed by atoms with van der Waals surface area (Å²) in [5.74, 6) is 3.03. The van der Waals surface area contributed by atoms with Crippen LogP contribution in [0.25, 0.3) is 0 Å². The van der Waals surface area contributed by atoms with E-state index in [1.54, 1.807) is 0 Å². The molecule has 1 aliphatic carbocycles. The lowest BCUT2D eigenvalue weighted by molar-refractivity contribution is 0.742. The molecule has 0 aliphatic heterocycles. The van der Waals surface area contributed by atoms with Crippen LogP contribution in [0.4, 0.5) is 11.6 Å². The second kappa shape index (κ2) is 6.73. The van der Waals surface area contributed by atoms with Crippen molar-refractivity contribution >= 4 is 11.6 Å². The monoisotopic (exact) mass is 262 g/mol. The summed E-state index contributed by atoms with van der Waals surface area (Å²) in [6.07, 6.45) is 5.79. The van der Waals surface area contributed by atoms with Crippen molar-refractivity contribution in [1.82, 2.24) is 9.97 Å². The van der Waals surface area contributed by atoms with Crippen molar-refractivity contribution in [3.8, 4) is 0 Å². The van der Waals surface area contributed by atoms with E-state index in [4.69, 9.17) is 4.98 Å². The van der Waals surface area contributed by atoms with E-state index >= 15 is 0 Å². The van der Waals surface area contributed by atoms with E-state index in [1.165, 1.54) is 19.3 Å². The Bertz CT molecular complexity index is 401. The molecule has 4 nitrogen and oxygen atoms in total. The van der Waals surface area contributed by atoms with Crippen LogP contribution in [-0.4, -0.2) is 29.1 Å². The van der Waals surface area contributed by atoms with Gasteiger partial charge in [-0.2, -0.15) is 0 Å². The number of aryl methyl sites for hydroxylation is 1. The van der Waals surface area contributed by atoms with Crippen LogP contribution in [-0.2, 0) is 6.42 Å². The molecule has 0 atom stereocenters. The molecule has 0 bridgehead atoms. The summed E-state index contributed by atoms with van der Waals surface area (Å²) >= 11 is 0. The molecule has 0 spiro atoms. The Morgan fingerprint density at radius 2 is 2.00 bits per heavy atom. The van der Waals surface area contributed by atoms with Crippen molar-refractivity contribution in [2.75, 3.05) is 23.3 Å². The highest BCUT2D eigenvalue weighted by Gasteiger charge is 2.29. The van der Waals surface area contributed by atoms with Gasteiger partial charge in [-0.1, -0.05) is 20.8 Å². The normalized spacial score (nSPS) is 14.5. The minimum atomic E-state index is 0.707. The number of hydrogen-bond donors (Lipinski definition) is 1. The Hall–Kier alpha value is -1.32. The van der Waals surface area contributed by atoms with Crippen molar-refractivity contribution in [2.24, 2.45) is 0 Å². The molecule has 0 aromatic carbocycles. The molecular formula is C15H26N4. The third-order valence-electron chi connectivity index (χ3n) is 3.38. The van der Waals surface area contributed by atoms with Crippen molar-refractivity contribution in [3.63, 3.8) is 0 Å². The fourth-order valence-electron chi connectivity index (χ4n) is 2.24. The van der Waals surface area contributed by atoms with Gasteiger partial charge in [0.1, 0.15) is 17.5 Å². The molecule has 0 amide bonds. The van der Waals surface area contributed by atoms with Crippen molar-refractivity contribution in [2.45, 2.75) is 58.9 Å². The van der Waals surface area contributed by atoms with Crippen LogP contribution in [0.3, 0.4) is 0 Å². The Kier molecular flexibility index (Phi) is 5.00. The Labute approximate surface area is 116 Å². The maximum atomic E-state index is 4.71. The number of nitrogens with zero attached hydrogens (tertiary/aromatic N) is 3. The number of aromatic nitrogens is 2. The van der Waals surface area contributed by atoms with Gasteiger partial charge < -0.3 is 10.2 Å². The second-order valence-electron chi connectivity index (χ2n) is 5.23. The van der Waals surface area contributed by atoms with Gasteiger partial charge in [0.25, 0.3) is 0 Å². The van der Waals surface area contributed by atoms with Gasteiger partial charge in [-0.3, -0.25) is 0 Å². The third-order valence-corrected chi connectivity index (χ3v) is 3.38. The van der Waals surface area contributed by atoms with Gasteiger partial charge in [0, 0.05) is 31.6 Å². The summed E-state index contributed by atoms with van der Waals surface area (Å²) in [6, 6.07) is 2.82. The SMILES string of the molecule is CCCNc1cc(N(CCC)C2CC2)nc(CC)n1. The fourth-order valence-corrected chi connectivity index (χ4v) is 2.24. The van der Waals surface area contributed by atoms with E-state index in [-0.39, 0.29) is 0 Å². The van der Waals surface area contributed by atoms with E-state index in [2.05, 4.69) is 42.0 Å². The first kappa shape index (κ1) is 14.1. The quantitative estimate of drug-likeness (QED) is 0.781. The maximum Gasteiger partial charge on any atom is 0.134 e. The number of anilines is 2. The molecule has 0 saturated heterocycles. The van der Waals surface area contributed by atoms with Gasteiger partial charge in [-0.15, -0.1) is 0 Å². The minimum Gasteiger partial charge on any atom is -0.370 e. The van der Waals surface area contributed by atoms with Crippen LogP contribution in [0, 0.1) is 0 Å². The standard InChI is InChI=1S/C15H26N4/c1-4-9-16-14-11-15(18-13(6-3)17-14)19(10-5-2)12-7-8-12/h11-12H,4-10H2,1-3H3,(H,16,17,18). The summed E-state index contributed by atoms with van der Waals surface area (Å²) in [5.41, 5.74) is 0.